The summed E-state index contributed by atoms with van der Waals surface area (Å²) in [4.78, 5) is 4.36. The Hall–Kier alpha value is -1.39. The molecule has 17 heavy (non-hydrogen) atoms. The highest BCUT2D eigenvalue weighted by Gasteiger charge is 2.20. The second kappa shape index (κ2) is 5.29. The smallest absolute Gasteiger partial charge is 0.0934 e. The van der Waals surface area contributed by atoms with Gasteiger partial charge in [0.2, 0.25) is 0 Å². The molecule has 0 aliphatic rings. The first-order chi connectivity index (χ1) is 8.27. The standard InChI is InChI=1S/C12H15ClN4/c1-3-17-12(9(13)8-16-17)11(14-2)10-6-4-5-7-15-10/h4-8,11,14H,3H2,1-2H3. The van der Waals surface area contributed by atoms with E-state index in [0.29, 0.717) is 5.02 Å². The summed E-state index contributed by atoms with van der Waals surface area (Å²) >= 11 is 6.20. The Labute approximate surface area is 106 Å². The van der Waals surface area contributed by atoms with E-state index in [9.17, 15) is 0 Å². The molecule has 2 rings (SSSR count). The molecular formula is C12H15ClN4. The normalized spacial score (nSPS) is 12.6. The van der Waals surface area contributed by atoms with Crippen molar-refractivity contribution in [3.05, 3.63) is 47.0 Å². The SMILES string of the molecule is CCn1ncc(Cl)c1C(NC)c1ccccn1. The molecular weight excluding hydrogens is 236 g/mol. The Morgan fingerprint density at radius 2 is 2.29 bits per heavy atom. The Morgan fingerprint density at radius 1 is 1.47 bits per heavy atom. The van der Waals surface area contributed by atoms with Crippen LogP contribution in [0, 0.1) is 0 Å². The summed E-state index contributed by atoms with van der Waals surface area (Å²) in [5.74, 6) is 0. The predicted molar refractivity (Wildman–Crippen MR) is 68.1 cm³/mol. The van der Waals surface area contributed by atoms with Crippen LogP contribution in [0.15, 0.2) is 30.6 Å². The summed E-state index contributed by atoms with van der Waals surface area (Å²) < 4.78 is 1.89. The lowest BCUT2D eigenvalue weighted by atomic mass is 10.1. The molecule has 1 unspecified atom stereocenters. The summed E-state index contributed by atoms with van der Waals surface area (Å²) in [6.45, 7) is 2.82. The van der Waals surface area contributed by atoms with E-state index in [-0.39, 0.29) is 6.04 Å². The third-order valence-corrected chi connectivity index (χ3v) is 2.97. The maximum atomic E-state index is 6.20. The van der Waals surface area contributed by atoms with Gasteiger partial charge < -0.3 is 5.32 Å². The Kier molecular flexibility index (Phi) is 3.76. The predicted octanol–water partition coefficient (Wildman–Crippen LogP) is 2.26. The fourth-order valence-corrected chi connectivity index (χ4v) is 2.13. The molecule has 0 amide bonds. The lowest BCUT2D eigenvalue weighted by Gasteiger charge is -2.17. The third kappa shape index (κ3) is 2.33. The lowest BCUT2D eigenvalue weighted by molar-refractivity contribution is 0.556. The molecule has 2 aromatic rings. The molecule has 2 aromatic heterocycles. The van der Waals surface area contributed by atoms with E-state index in [1.807, 2.05) is 36.9 Å². The van der Waals surface area contributed by atoms with Gasteiger partial charge in [-0.1, -0.05) is 17.7 Å². The minimum Gasteiger partial charge on any atom is -0.307 e. The van der Waals surface area contributed by atoms with Crippen molar-refractivity contribution >= 4 is 11.6 Å². The van der Waals surface area contributed by atoms with E-state index in [0.717, 1.165) is 17.9 Å². The van der Waals surface area contributed by atoms with Crippen LogP contribution in [0.1, 0.15) is 24.4 Å². The van der Waals surface area contributed by atoms with Gasteiger partial charge in [0.05, 0.1) is 28.6 Å². The Morgan fingerprint density at radius 3 is 2.88 bits per heavy atom. The number of rotatable bonds is 4. The topological polar surface area (TPSA) is 42.7 Å². The van der Waals surface area contributed by atoms with E-state index < -0.39 is 0 Å². The van der Waals surface area contributed by atoms with Gasteiger partial charge in [0.1, 0.15) is 0 Å². The molecule has 0 bridgehead atoms. The van der Waals surface area contributed by atoms with E-state index in [2.05, 4.69) is 15.4 Å². The van der Waals surface area contributed by atoms with Gasteiger partial charge in [-0.15, -0.1) is 0 Å². The molecule has 0 radical (unpaired) electrons. The number of nitrogens with zero attached hydrogens (tertiary/aromatic N) is 3. The quantitative estimate of drug-likeness (QED) is 0.905. The molecule has 0 aliphatic carbocycles. The molecule has 0 saturated carbocycles. The molecule has 0 spiro atoms. The van der Waals surface area contributed by atoms with Gasteiger partial charge in [0.25, 0.3) is 0 Å². The van der Waals surface area contributed by atoms with Gasteiger partial charge in [-0.2, -0.15) is 5.10 Å². The summed E-state index contributed by atoms with van der Waals surface area (Å²) in [7, 11) is 1.89. The zero-order chi connectivity index (χ0) is 12.3. The molecule has 4 nitrogen and oxygen atoms in total. The van der Waals surface area contributed by atoms with Crippen molar-refractivity contribution in [2.45, 2.75) is 19.5 Å². The van der Waals surface area contributed by atoms with Crippen molar-refractivity contribution in [1.82, 2.24) is 20.1 Å². The summed E-state index contributed by atoms with van der Waals surface area (Å²) in [6, 6.07) is 5.80. The third-order valence-electron chi connectivity index (χ3n) is 2.68. The summed E-state index contributed by atoms with van der Waals surface area (Å²) in [6.07, 6.45) is 3.45. The number of hydrogen-bond acceptors (Lipinski definition) is 3. The summed E-state index contributed by atoms with van der Waals surface area (Å²) in [5.41, 5.74) is 1.89. The van der Waals surface area contributed by atoms with Crippen LogP contribution in [0.3, 0.4) is 0 Å². The van der Waals surface area contributed by atoms with E-state index in [1.54, 1.807) is 12.4 Å². The molecule has 1 atom stereocenters. The van der Waals surface area contributed by atoms with Crippen LogP contribution in [0.5, 0.6) is 0 Å². The van der Waals surface area contributed by atoms with Crippen molar-refractivity contribution in [1.29, 1.82) is 0 Å². The van der Waals surface area contributed by atoms with Gasteiger partial charge in [-0.25, -0.2) is 0 Å². The molecule has 2 heterocycles. The number of halogens is 1. The Balaban J connectivity index is 2.45. The second-order valence-corrected chi connectivity index (χ2v) is 4.08. The van der Waals surface area contributed by atoms with Crippen molar-refractivity contribution in [3.63, 3.8) is 0 Å². The number of hydrogen-bond donors (Lipinski definition) is 1. The van der Waals surface area contributed by atoms with E-state index >= 15 is 0 Å². The molecule has 5 heteroatoms. The molecule has 90 valence electrons. The fourth-order valence-electron chi connectivity index (χ4n) is 1.88. The lowest BCUT2D eigenvalue weighted by Crippen LogP contribution is -2.22. The maximum absolute atomic E-state index is 6.20. The van der Waals surface area contributed by atoms with E-state index in [1.165, 1.54) is 0 Å². The van der Waals surface area contributed by atoms with Crippen LogP contribution in [0.25, 0.3) is 0 Å². The zero-order valence-corrected chi connectivity index (χ0v) is 10.6. The van der Waals surface area contributed by atoms with Gasteiger partial charge in [0, 0.05) is 12.7 Å². The largest absolute Gasteiger partial charge is 0.307 e. The van der Waals surface area contributed by atoms with E-state index in [4.69, 9.17) is 11.6 Å². The zero-order valence-electron chi connectivity index (χ0n) is 9.89. The van der Waals surface area contributed by atoms with Crippen molar-refractivity contribution in [2.75, 3.05) is 7.05 Å². The van der Waals surface area contributed by atoms with Crippen LogP contribution in [-0.4, -0.2) is 21.8 Å². The number of pyridine rings is 1. The van der Waals surface area contributed by atoms with Crippen LogP contribution < -0.4 is 5.32 Å². The van der Waals surface area contributed by atoms with Crippen LogP contribution in [-0.2, 0) is 6.54 Å². The highest BCUT2D eigenvalue weighted by atomic mass is 35.5. The Bertz CT molecular complexity index is 481. The highest BCUT2D eigenvalue weighted by molar-refractivity contribution is 6.31. The minimum absolute atomic E-state index is 0.0360. The maximum Gasteiger partial charge on any atom is 0.0934 e. The van der Waals surface area contributed by atoms with Crippen molar-refractivity contribution in [3.8, 4) is 0 Å². The van der Waals surface area contributed by atoms with Crippen molar-refractivity contribution in [2.24, 2.45) is 0 Å². The monoisotopic (exact) mass is 250 g/mol. The van der Waals surface area contributed by atoms with Crippen LogP contribution in [0.2, 0.25) is 5.02 Å². The average Bonchev–Trinajstić information content (AvgIpc) is 2.74. The second-order valence-electron chi connectivity index (χ2n) is 3.67. The number of aryl methyl sites for hydroxylation is 1. The average molecular weight is 251 g/mol. The van der Waals surface area contributed by atoms with Gasteiger partial charge in [-0.3, -0.25) is 9.67 Å². The molecule has 0 fully saturated rings. The fraction of sp³-hybridized carbons (Fsp3) is 0.333. The first kappa shape index (κ1) is 12.1. The first-order valence-electron chi connectivity index (χ1n) is 5.57. The first-order valence-corrected chi connectivity index (χ1v) is 5.95. The van der Waals surface area contributed by atoms with Gasteiger partial charge >= 0.3 is 0 Å². The van der Waals surface area contributed by atoms with Gasteiger partial charge in [-0.05, 0) is 26.1 Å². The minimum atomic E-state index is -0.0360. The van der Waals surface area contributed by atoms with Crippen molar-refractivity contribution < 1.29 is 0 Å². The number of aromatic nitrogens is 3. The molecule has 0 saturated heterocycles. The highest BCUT2D eigenvalue weighted by Crippen LogP contribution is 2.26. The van der Waals surface area contributed by atoms with Crippen LogP contribution in [0.4, 0.5) is 0 Å². The molecule has 0 aromatic carbocycles. The number of nitrogens with one attached hydrogen (secondary N) is 1. The van der Waals surface area contributed by atoms with Crippen LogP contribution >= 0.6 is 11.6 Å². The molecule has 1 N–H and O–H groups in total. The van der Waals surface area contributed by atoms with Gasteiger partial charge in [0.15, 0.2) is 0 Å². The molecule has 0 aliphatic heterocycles. The summed E-state index contributed by atoms with van der Waals surface area (Å²) in [5, 5.41) is 8.14.